The third kappa shape index (κ3) is 3.25. The quantitative estimate of drug-likeness (QED) is 0.735. The van der Waals surface area contributed by atoms with Gasteiger partial charge in [0.25, 0.3) is 0 Å². The van der Waals surface area contributed by atoms with Crippen LogP contribution in [0.4, 0.5) is 0 Å². The van der Waals surface area contributed by atoms with Crippen LogP contribution >= 0.6 is 11.5 Å². The van der Waals surface area contributed by atoms with E-state index in [2.05, 4.69) is 21.8 Å². The molecule has 0 aliphatic carbocycles. The summed E-state index contributed by atoms with van der Waals surface area (Å²) in [5, 5.41) is 9.12. The average molecular weight is 187 g/mol. The topological polar surface area (TPSA) is 47.0 Å². The van der Waals surface area contributed by atoms with Crippen molar-refractivity contribution < 1.29 is 4.74 Å². The van der Waals surface area contributed by atoms with E-state index in [9.17, 15) is 0 Å². The highest BCUT2D eigenvalue weighted by molar-refractivity contribution is 7.03. The molecule has 1 rings (SSSR count). The van der Waals surface area contributed by atoms with E-state index in [4.69, 9.17) is 4.74 Å². The van der Waals surface area contributed by atoms with E-state index in [1.807, 2.05) is 5.38 Å². The molecule has 0 saturated heterocycles. The Balaban J connectivity index is 2.17. The molecule has 0 amide bonds. The van der Waals surface area contributed by atoms with Crippen molar-refractivity contribution in [3.63, 3.8) is 0 Å². The minimum Gasteiger partial charge on any atom is -0.383 e. The Morgan fingerprint density at radius 3 is 3.17 bits per heavy atom. The summed E-state index contributed by atoms with van der Waals surface area (Å²) in [6, 6.07) is 0.358. The highest BCUT2D eigenvalue weighted by atomic mass is 32.1. The molecule has 1 aromatic heterocycles. The van der Waals surface area contributed by atoms with Crippen LogP contribution < -0.4 is 5.32 Å². The van der Waals surface area contributed by atoms with Crippen LogP contribution in [0.25, 0.3) is 0 Å². The Bertz CT molecular complexity index is 202. The van der Waals surface area contributed by atoms with E-state index in [0.717, 1.165) is 18.8 Å². The largest absolute Gasteiger partial charge is 0.383 e. The van der Waals surface area contributed by atoms with Gasteiger partial charge in [-0.3, -0.25) is 0 Å². The van der Waals surface area contributed by atoms with Gasteiger partial charge in [-0.25, -0.2) is 0 Å². The third-order valence-corrected chi connectivity index (χ3v) is 2.01. The zero-order valence-electron chi connectivity index (χ0n) is 7.28. The van der Waals surface area contributed by atoms with Crippen molar-refractivity contribution >= 4 is 11.5 Å². The highest BCUT2D eigenvalue weighted by Gasteiger charge is 2.01. The lowest BCUT2D eigenvalue weighted by Gasteiger charge is -2.10. The second-order valence-corrected chi connectivity index (χ2v) is 3.24. The van der Waals surface area contributed by atoms with Gasteiger partial charge in [0.15, 0.2) is 0 Å². The lowest BCUT2D eigenvalue weighted by atomic mass is 10.3. The van der Waals surface area contributed by atoms with Gasteiger partial charge in [-0.05, 0) is 18.5 Å². The van der Waals surface area contributed by atoms with Crippen molar-refractivity contribution in [2.75, 3.05) is 13.7 Å². The van der Waals surface area contributed by atoms with Gasteiger partial charge in [0.2, 0.25) is 0 Å². The first-order valence-corrected chi connectivity index (χ1v) is 4.65. The van der Waals surface area contributed by atoms with Gasteiger partial charge < -0.3 is 10.1 Å². The smallest absolute Gasteiger partial charge is 0.0893 e. The van der Waals surface area contributed by atoms with Crippen molar-refractivity contribution in [1.82, 2.24) is 14.9 Å². The van der Waals surface area contributed by atoms with E-state index < -0.39 is 0 Å². The molecule has 0 unspecified atom stereocenters. The first-order chi connectivity index (χ1) is 5.83. The molecule has 4 nitrogen and oxygen atoms in total. The Labute approximate surface area is 76.1 Å². The third-order valence-electron chi connectivity index (χ3n) is 1.45. The Kier molecular flexibility index (Phi) is 4.13. The standard InChI is InChI=1S/C7H13N3OS/c1-6(4-11-2)8-3-7-5-12-10-9-7/h5-6,8H,3-4H2,1-2H3/t6-/m1/s1. The molecule has 0 aliphatic heterocycles. The van der Waals surface area contributed by atoms with Crippen molar-refractivity contribution in [1.29, 1.82) is 0 Å². The summed E-state index contributed by atoms with van der Waals surface area (Å²) in [6.45, 7) is 3.56. The van der Waals surface area contributed by atoms with E-state index in [1.165, 1.54) is 11.5 Å². The summed E-state index contributed by atoms with van der Waals surface area (Å²) in [5.74, 6) is 0. The van der Waals surface area contributed by atoms with Crippen LogP contribution in [-0.2, 0) is 11.3 Å². The van der Waals surface area contributed by atoms with E-state index >= 15 is 0 Å². The zero-order valence-corrected chi connectivity index (χ0v) is 8.10. The fraction of sp³-hybridized carbons (Fsp3) is 0.714. The highest BCUT2D eigenvalue weighted by Crippen LogP contribution is 1.96. The predicted octanol–water partition coefficient (Wildman–Crippen LogP) is 0.663. The number of ether oxygens (including phenoxy) is 1. The summed E-state index contributed by atoms with van der Waals surface area (Å²) in [6.07, 6.45) is 0. The zero-order chi connectivity index (χ0) is 8.81. The second kappa shape index (κ2) is 5.18. The summed E-state index contributed by atoms with van der Waals surface area (Å²) < 4.78 is 8.74. The molecule has 0 fully saturated rings. The first-order valence-electron chi connectivity index (χ1n) is 3.81. The maximum Gasteiger partial charge on any atom is 0.0893 e. The number of aromatic nitrogens is 2. The monoisotopic (exact) mass is 187 g/mol. The molecule has 12 heavy (non-hydrogen) atoms. The fourth-order valence-electron chi connectivity index (χ4n) is 0.849. The Hall–Kier alpha value is -0.520. The summed E-state index contributed by atoms with van der Waals surface area (Å²) >= 11 is 1.37. The van der Waals surface area contributed by atoms with E-state index in [-0.39, 0.29) is 0 Å². The molecule has 1 atom stereocenters. The van der Waals surface area contributed by atoms with Crippen LogP contribution in [0.1, 0.15) is 12.6 Å². The molecule has 0 aromatic carbocycles. The molecule has 68 valence electrons. The molecular weight excluding hydrogens is 174 g/mol. The van der Waals surface area contributed by atoms with Crippen LogP contribution in [-0.4, -0.2) is 29.3 Å². The van der Waals surface area contributed by atoms with Crippen LogP contribution in [0.15, 0.2) is 5.38 Å². The lowest BCUT2D eigenvalue weighted by Crippen LogP contribution is -2.29. The van der Waals surface area contributed by atoms with Crippen LogP contribution in [0.2, 0.25) is 0 Å². The van der Waals surface area contributed by atoms with Crippen molar-refractivity contribution in [2.45, 2.75) is 19.5 Å². The fourth-order valence-corrected chi connectivity index (χ4v) is 1.30. The summed E-state index contributed by atoms with van der Waals surface area (Å²) in [4.78, 5) is 0. The summed E-state index contributed by atoms with van der Waals surface area (Å²) in [7, 11) is 1.70. The molecule has 1 N–H and O–H groups in total. The number of rotatable bonds is 5. The molecule has 0 saturated carbocycles. The minimum absolute atomic E-state index is 0.358. The van der Waals surface area contributed by atoms with Crippen LogP contribution in [0, 0.1) is 0 Å². The first kappa shape index (κ1) is 9.57. The SMILES string of the molecule is COC[C@@H](C)NCc1csnn1. The Morgan fingerprint density at radius 1 is 1.75 bits per heavy atom. The van der Waals surface area contributed by atoms with Gasteiger partial charge in [0.1, 0.15) is 0 Å². The van der Waals surface area contributed by atoms with Crippen molar-refractivity contribution in [3.8, 4) is 0 Å². The van der Waals surface area contributed by atoms with Gasteiger partial charge in [0.05, 0.1) is 12.3 Å². The Morgan fingerprint density at radius 2 is 2.58 bits per heavy atom. The molecule has 0 bridgehead atoms. The number of methoxy groups -OCH3 is 1. The van der Waals surface area contributed by atoms with Gasteiger partial charge in [-0.1, -0.05) is 4.49 Å². The second-order valence-electron chi connectivity index (χ2n) is 2.63. The normalized spacial score (nSPS) is 13.2. The number of nitrogens with zero attached hydrogens (tertiary/aromatic N) is 2. The van der Waals surface area contributed by atoms with Gasteiger partial charge >= 0.3 is 0 Å². The van der Waals surface area contributed by atoms with Gasteiger partial charge in [0, 0.05) is 25.1 Å². The van der Waals surface area contributed by atoms with Crippen LogP contribution in [0.3, 0.4) is 0 Å². The lowest BCUT2D eigenvalue weighted by molar-refractivity contribution is 0.171. The average Bonchev–Trinajstić information content (AvgIpc) is 2.53. The van der Waals surface area contributed by atoms with Crippen molar-refractivity contribution in [3.05, 3.63) is 11.1 Å². The number of hydrogen-bond donors (Lipinski definition) is 1. The molecular formula is C7H13N3OS. The maximum absolute atomic E-state index is 4.98. The molecule has 0 radical (unpaired) electrons. The summed E-state index contributed by atoms with van der Waals surface area (Å²) in [5.41, 5.74) is 0.989. The minimum atomic E-state index is 0.358. The maximum atomic E-state index is 4.98. The number of nitrogens with one attached hydrogen (secondary N) is 1. The molecule has 1 aromatic rings. The molecule has 1 heterocycles. The molecule has 0 aliphatic rings. The molecule has 5 heteroatoms. The van der Waals surface area contributed by atoms with Gasteiger partial charge in [-0.15, -0.1) is 5.10 Å². The molecule has 0 spiro atoms. The van der Waals surface area contributed by atoms with Crippen LogP contribution in [0.5, 0.6) is 0 Å². The van der Waals surface area contributed by atoms with E-state index in [0.29, 0.717) is 6.04 Å². The number of hydrogen-bond acceptors (Lipinski definition) is 5. The van der Waals surface area contributed by atoms with E-state index in [1.54, 1.807) is 7.11 Å². The van der Waals surface area contributed by atoms with Gasteiger partial charge in [-0.2, -0.15) is 0 Å². The van der Waals surface area contributed by atoms with Crippen molar-refractivity contribution in [2.24, 2.45) is 0 Å². The predicted molar refractivity (Wildman–Crippen MR) is 48.1 cm³/mol.